The van der Waals surface area contributed by atoms with Gasteiger partial charge in [-0.3, -0.25) is 4.79 Å². The molecule has 98 valence electrons. The number of carbonyl (C=O) groups excluding carboxylic acids is 1. The van der Waals surface area contributed by atoms with Crippen LogP contribution >= 0.6 is 0 Å². The molecule has 0 aliphatic carbocycles. The fourth-order valence-electron chi connectivity index (χ4n) is 2.14. The Morgan fingerprint density at radius 2 is 2.12 bits per heavy atom. The van der Waals surface area contributed by atoms with Gasteiger partial charge in [0.2, 0.25) is 5.91 Å². The number of hydrogen-bond donors (Lipinski definition) is 1. The highest BCUT2D eigenvalue weighted by Crippen LogP contribution is 2.16. The van der Waals surface area contributed by atoms with Crippen molar-refractivity contribution in [2.45, 2.75) is 45.8 Å². The number of hydrogen-bond acceptors (Lipinski definition) is 3. The highest BCUT2D eigenvalue weighted by atomic mass is 16.5. The van der Waals surface area contributed by atoms with Gasteiger partial charge in [0.25, 0.3) is 0 Å². The zero-order valence-electron chi connectivity index (χ0n) is 10.7. The Morgan fingerprint density at radius 3 is 2.65 bits per heavy atom. The topological polar surface area (TPSA) is 66.8 Å². The molecule has 5 nitrogen and oxygen atoms in total. The van der Waals surface area contributed by atoms with Crippen LogP contribution in [0.4, 0.5) is 0 Å². The molecule has 1 fully saturated rings. The maximum Gasteiger partial charge on any atom is 0.334 e. The summed E-state index contributed by atoms with van der Waals surface area (Å²) in [5, 5.41) is 8.93. The minimum absolute atomic E-state index is 0.0354. The van der Waals surface area contributed by atoms with E-state index in [1.54, 1.807) is 11.8 Å². The molecule has 0 bridgehead atoms. The number of nitrogens with zero attached hydrogens (tertiary/aromatic N) is 1. The summed E-state index contributed by atoms with van der Waals surface area (Å²) in [6.07, 6.45) is 0.677. The summed E-state index contributed by atoms with van der Waals surface area (Å²) in [6.45, 7) is 6.36. The maximum absolute atomic E-state index is 12.1. The van der Waals surface area contributed by atoms with Crippen LogP contribution in [-0.4, -0.2) is 47.2 Å². The van der Waals surface area contributed by atoms with Gasteiger partial charge in [-0.2, -0.15) is 0 Å². The van der Waals surface area contributed by atoms with Crippen molar-refractivity contribution < 1.29 is 19.4 Å². The average molecular weight is 243 g/mol. The van der Waals surface area contributed by atoms with Crippen molar-refractivity contribution in [2.75, 3.05) is 13.1 Å². The SMILES string of the molecule is CCCC(C)C(=O)N1CC(C(=O)O)O[C@H](C)C1. The van der Waals surface area contributed by atoms with Crippen molar-refractivity contribution in [1.29, 1.82) is 0 Å². The normalized spacial score (nSPS) is 26.6. The van der Waals surface area contributed by atoms with Crippen LogP contribution < -0.4 is 0 Å². The molecule has 1 aliphatic rings. The van der Waals surface area contributed by atoms with Crippen molar-refractivity contribution in [3.05, 3.63) is 0 Å². The fourth-order valence-corrected chi connectivity index (χ4v) is 2.14. The number of carboxylic acid groups (broad SMARTS) is 1. The first-order chi connectivity index (χ1) is 7.95. The summed E-state index contributed by atoms with van der Waals surface area (Å²) >= 11 is 0. The van der Waals surface area contributed by atoms with Gasteiger partial charge >= 0.3 is 5.97 Å². The average Bonchev–Trinajstić information content (AvgIpc) is 2.27. The van der Waals surface area contributed by atoms with Gasteiger partial charge in [0, 0.05) is 12.5 Å². The first-order valence-electron chi connectivity index (χ1n) is 6.12. The van der Waals surface area contributed by atoms with E-state index in [9.17, 15) is 9.59 Å². The number of rotatable bonds is 4. The van der Waals surface area contributed by atoms with Crippen LogP contribution in [0.2, 0.25) is 0 Å². The first kappa shape index (κ1) is 14.0. The molecule has 1 saturated heterocycles. The molecular formula is C12H21NO4. The Bertz CT molecular complexity index is 292. The third-order valence-electron chi connectivity index (χ3n) is 2.99. The summed E-state index contributed by atoms with van der Waals surface area (Å²) in [6, 6.07) is 0. The Morgan fingerprint density at radius 1 is 1.47 bits per heavy atom. The summed E-state index contributed by atoms with van der Waals surface area (Å²) in [7, 11) is 0. The van der Waals surface area contributed by atoms with E-state index in [0.717, 1.165) is 12.8 Å². The molecular weight excluding hydrogens is 222 g/mol. The molecule has 0 aromatic heterocycles. The summed E-state index contributed by atoms with van der Waals surface area (Å²) in [5.41, 5.74) is 0. The van der Waals surface area contributed by atoms with E-state index in [1.807, 2.05) is 13.8 Å². The highest BCUT2D eigenvalue weighted by molar-refractivity contribution is 5.80. The number of aliphatic carboxylic acids is 1. The van der Waals surface area contributed by atoms with Crippen LogP contribution in [0, 0.1) is 5.92 Å². The number of carboxylic acids is 1. The third kappa shape index (κ3) is 3.70. The van der Waals surface area contributed by atoms with Gasteiger partial charge in [-0.1, -0.05) is 20.3 Å². The van der Waals surface area contributed by atoms with Crippen molar-refractivity contribution >= 4 is 11.9 Å². The second-order valence-electron chi connectivity index (χ2n) is 4.71. The van der Waals surface area contributed by atoms with Gasteiger partial charge in [0.05, 0.1) is 12.6 Å². The van der Waals surface area contributed by atoms with Crippen molar-refractivity contribution in [1.82, 2.24) is 4.90 Å². The van der Waals surface area contributed by atoms with Gasteiger partial charge in [0.1, 0.15) is 0 Å². The standard InChI is InChI=1S/C12H21NO4/c1-4-5-8(2)11(14)13-6-9(3)17-10(7-13)12(15)16/h8-10H,4-7H2,1-3H3,(H,15,16)/t8?,9-,10?/m1/s1. The monoisotopic (exact) mass is 243 g/mol. The molecule has 0 aromatic carbocycles. The van der Waals surface area contributed by atoms with E-state index in [1.165, 1.54) is 0 Å². The number of carbonyl (C=O) groups is 2. The zero-order chi connectivity index (χ0) is 13.0. The van der Waals surface area contributed by atoms with Crippen LogP contribution in [0.1, 0.15) is 33.6 Å². The van der Waals surface area contributed by atoms with E-state index in [2.05, 4.69) is 0 Å². The van der Waals surface area contributed by atoms with Crippen LogP contribution in [-0.2, 0) is 14.3 Å². The lowest BCUT2D eigenvalue weighted by Crippen LogP contribution is -2.53. The minimum Gasteiger partial charge on any atom is -0.479 e. The number of amides is 1. The number of ether oxygens (including phenoxy) is 1. The molecule has 1 amide bonds. The maximum atomic E-state index is 12.1. The van der Waals surface area contributed by atoms with Crippen molar-refractivity contribution in [2.24, 2.45) is 5.92 Å². The van der Waals surface area contributed by atoms with Gasteiger partial charge in [-0.05, 0) is 13.3 Å². The quantitative estimate of drug-likeness (QED) is 0.803. The van der Waals surface area contributed by atoms with Gasteiger partial charge in [-0.25, -0.2) is 4.79 Å². The molecule has 1 heterocycles. The highest BCUT2D eigenvalue weighted by Gasteiger charge is 2.33. The van der Waals surface area contributed by atoms with E-state index in [-0.39, 0.29) is 24.5 Å². The van der Waals surface area contributed by atoms with E-state index >= 15 is 0 Å². The summed E-state index contributed by atoms with van der Waals surface area (Å²) in [5.74, 6) is -1.01. The molecule has 3 atom stereocenters. The predicted molar refractivity (Wildman–Crippen MR) is 62.6 cm³/mol. The summed E-state index contributed by atoms with van der Waals surface area (Å²) in [4.78, 5) is 24.6. The lowest BCUT2D eigenvalue weighted by Gasteiger charge is -2.36. The smallest absolute Gasteiger partial charge is 0.334 e. The van der Waals surface area contributed by atoms with Crippen LogP contribution in [0.3, 0.4) is 0 Å². The Hall–Kier alpha value is -1.10. The largest absolute Gasteiger partial charge is 0.479 e. The predicted octanol–water partition coefficient (Wildman–Crippen LogP) is 1.12. The van der Waals surface area contributed by atoms with Crippen LogP contribution in [0.15, 0.2) is 0 Å². The van der Waals surface area contributed by atoms with E-state index < -0.39 is 12.1 Å². The first-order valence-corrected chi connectivity index (χ1v) is 6.12. The molecule has 0 saturated carbocycles. The van der Waals surface area contributed by atoms with Gasteiger partial charge in [0.15, 0.2) is 6.10 Å². The third-order valence-corrected chi connectivity index (χ3v) is 2.99. The molecule has 1 rings (SSSR count). The molecule has 17 heavy (non-hydrogen) atoms. The minimum atomic E-state index is -1.00. The Kier molecular flexibility index (Phi) is 4.93. The molecule has 1 aliphatic heterocycles. The Balaban J connectivity index is 2.63. The molecule has 0 aromatic rings. The summed E-state index contributed by atoms with van der Waals surface area (Å²) < 4.78 is 5.27. The van der Waals surface area contributed by atoms with Gasteiger partial charge in [-0.15, -0.1) is 0 Å². The van der Waals surface area contributed by atoms with E-state index in [4.69, 9.17) is 9.84 Å². The second kappa shape index (κ2) is 6.00. The fraction of sp³-hybridized carbons (Fsp3) is 0.833. The molecule has 1 N–H and O–H groups in total. The Labute approximate surface area is 102 Å². The number of morpholine rings is 1. The lowest BCUT2D eigenvalue weighted by molar-refractivity contribution is -0.167. The molecule has 0 spiro atoms. The van der Waals surface area contributed by atoms with Crippen LogP contribution in [0.25, 0.3) is 0 Å². The van der Waals surface area contributed by atoms with E-state index in [0.29, 0.717) is 6.54 Å². The lowest BCUT2D eigenvalue weighted by atomic mass is 10.0. The van der Waals surface area contributed by atoms with Crippen molar-refractivity contribution in [3.63, 3.8) is 0 Å². The molecule has 0 radical (unpaired) electrons. The second-order valence-corrected chi connectivity index (χ2v) is 4.71. The molecule has 5 heteroatoms. The molecule has 2 unspecified atom stereocenters. The van der Waals surface area contributed by atoms with Gasteiger partial charge < -0.3 is 14.7 Å². The van der Waals surface area contributed by atoms with Crippen molar-refractivity contribution in [3.8, 4) is 0 Å². The zero-order valence-corrected chi connectivity index (χ0v) is 10.7. The van der Waals surface area contributed by atoms with Crippen LogP contribution in [0.5, 0.6) is 0 Å².